The van der Waals surface area contributed by atoms with Crippen molar-refractivity contribution >= 4 is 21.6 Å². The molecule has 0 aliphatic carbocycles. The molecule has 0 unspecified atom stereocenters. The zero-order valence-electron chi connectivity index (χ0n) is 18.8. The number of rotatable bonds is 6. The average Bonchev–Trinajstić information content (AvgIpc) is 3.37. The Bertz CT molecular complexity index is 1420. The zero-order valence-corrected chi connectivity index (χ0v) is 19.6. The molecule has 34 heavy (non-hydrogen) atoms. The molecule has 0 N–H and O–H groups in total. The van der Waals surface area contributed by atoms with E-state index in [4.69, 9.17) is 9.47 Å². The van der Waals surface area contributed by atoms with Gasteiger partial charge in [0.05, 0.1) is 19.1 Å². The van der Waals surface area contributed by atoms with Crippen LogP contribution in [0.5, 0.6) is 11.5 Å². The van der Waals surface area contributed by atoms with Crippen LogP contribution in [0.2, 0.25) is 0 Å². The third kappa shape index (κ3) is 3.82. The summed E-state index contributed by atoms with van der Waals surface area (Å²) in [6, 6.07) is 14.2. The average molecular weight is 481 g/mol. The summed E-state index contributed by atoms with van der Waals surface area (Å²) in [5.74, 6) is 2.50. The molecule has 0 saturated carbocycles. The summed E-state index contributed by atoms with van der Waals surface area (Å²) in [5.41, 5.74) is 1.70. The fraction of sp³-hybridized carbons (Fsp3) is 0.261. The highest BCUT2D eigenvalue weighted by molar-refractivity contribution is 7.89. The van der Waals surface area contributed by atoms with E-state index in [1.165, 1.54) is 10.6 Å². The number of piperazine rings is 1. The van der Waals surface area contributed by atoms with E-state index >= 15 is 0 Å². The molecule has 1 aliphatic heterocycles. The smallest absolute Gasteiger partial charge is 0.254 e. The van der Waals surface area contributed by atoms with Crippen molar-refractivity contribution in [1.29, 1.82) is 0 Å². The first-order valence-electron chi connectivity index (χ1n) is 10.7. The lowest BCUT2D eigenvalue weighted by Crippen LogP contribution is -2.49. The molecular formula is C23H24N6O4S. The topological polar surface area (TPSA) is 102 Å². The molecule has 0 radical (unpaired) electrons. The molecule has 0 amide bonds. The van der Waals surface area contributed by atoms with E-state index in [-0.39, 0.29) is 0 Å². The Labute approximate surface area is 197 Å². The number of fused-ring (bicyclic) bond motifs is 1. The minimum atomic E-state index is -3.55. The quantitative estimate of drug-likeness (QED) is 0.414. The summed E-state index contributed by atoms with van der Waals surface area (Å²) < 4.78 is 40.2. The van der Waals surface area contributed by atoms with E-state index in [9.17, 15) is 8.42 Å². The third-order valence-electron chi connectivity index (χ3n) is 5.89. The van der Waals surface area contributed by atoms with E-state index in [0.29, 0.717) is 48.4 Å². The summed E-state index contributed by atoms with van der Waals surface area (Å²) in [4.78, 5) is 11.1. The molecule has 10 nitrogen and oxygen atoms in total. The first-order valence-corrected chi connectivity index (χ1v) is 12.2. The zero-order chi connectivity index (χ0) is 23.7. The molecule has 176 valence electrons. The minimum absolute atomic E-state index is 0.303. The van der Waals surface area contributed by atoms with Crippen molar-refractivity contribution in [3.05, 3.63) is 61.1 Å². The van der Waals surface area contributed by atoms with Crippen LogP contribution < -0.4 is 14.4 Å². The van der Waals surface area contributed by atoms with Gasteiger partial charge in [-0.25, -0.2) is 13.4 Å². The Kier molecular flexibility index (Phi) is 5.80. The summed E-state index contributed by atoms with van der Waals surface area (Å²) in [5, 5.41) is 4.39. The van der Waals surface area contributed by atoms with Gasteiger partial charge in [0.15, 0.2) is 11.5 Å². The van der Waals surface area contributed by atoms with Gasteiger partial charge in [0.1, 0.15) is 12.1 Å². The first kappa shape index (κ1) is 22.1. The Morgan fingerprint density at radius 3 is 2.32 bits per heavy atom. The van der Waals surface area contributed by atoms with Crippen molar-refractivity contribution in [1.82, 2.24) is 23.9 Å². The van der Waals surface area contributed by atoms with Crippen molar-refractivity contribution in [2.75, 3.05) is 45.3 Å². The van der Waals surface area contributed by atoms with Crippen molar-refractivity contribution in [3.8, 4) is 22.6 Å². The van der Waals surface area contributed by atoms with Crippen LogP contribution in [0, 0.1) is 0 Å². The highest BCUT2D eigenvalue weighted by atomic mass is 32.2. The van der Waals surface area contributed by atoms with E-state index in [0.717, 1.165) is 16.9 Å². The second-order valence-corrected chi connectivity index (χ2v) is 9.68. The van der Waals surface area contributed by atoms with E-state index in [1.807, 2.05) is 18.2 Å². The normalized spacial score (nSPS) is 14.9. The molecule has 5 rings (SSSR count). The van der Waals surface area contributed by atoms with Gasteiger partial charge in [0.2, 0.25) is 10.0 Å². The molecule has 11 heteroatoms. The largest absolute Gasteiger partial charge is 0.493 e. The maximum Gasteiger partial charge on any atom is 0.254 e. The Morgan fingerprint density at radius 1 is 0.882 bits per heavy atom. The second kappa shape index (κ2) is 8.92. The number of methoxy groups -OCH3 is 2. The van der Waals surface area contributed by atoms with Gasteiger partial charge in [0, 0.05) is 37.9 Å². The molecular weight excluding hydrogens is 456 g/mol. The van der Waals surface area contributed by atoms with Gasteiger partial charge in [-0.3, -0.25) is 0 Å². The fourth-order valence-corrected chi connectivity index (χ4v) is 5.60. The summed E-state index contributed by atoms with van der Waals surface area (Å²) in [6.07, 6.45) is 3.22. The summed E-state index contributed by atoms with van der Waals surface area (Å²) in [7, 11) is -0.366. The van der Waals surface area contributed by atoms with Crippen LogP contribution >= 0.6 is 0 Å². The van der Waals surface area contributed by atoms with Gasteiger partial charge >= 0.3 is 0 Å². The minimum Gasteiger partial charge on any atom is -0.493 e. The van der Waals surface area contributed by atoms with Crippen LogP contribution in [0.4, 0.5) is 5.82 Å². The van der Waals surface area contributed by atoms with Crippen molar-refractivity contribution < 1.29 is 17.9 Å². The predicted octanol–water partition coefficient (Wildman–Crippen LogP) is 2.32. The van der Waals surface area contributed by atoms with Crippen molar-refractivity contribution in [2.24, 2.45) is 0 Å². The molecule has 4 aromatic rings. The van der Waals surface area contributed by atoms with Gasteiger partial charge in [-0.05, 0) is 29.8 Å². The lowest BCUT2D eigenvalue weighted by molar-refractivity contribution is 0.355. The maximum atomic E-state index is 13.1. The standard InChI is InChI=1S/C23H24N6O4S/c1-32-20-9-8-17(14-21(20)33-2)19-15-24-23-25-16-26-29(23)22(19)27-10-12-28(13-11-27)34(30,31)18-6-4-3-5-7-18/h3-9,14-16H,10-13H2,1-2H3. The molecule has 3 heterocycles. The van der Waals surface area contributed by atoms with Crippen LogP contribution in [0.25, 0.3) is 16.9 Å². The molecule has 0 spiro atoms. The van der Waals surface area contributed by atoms with Crippen LogP contribution in [0.15, 0.2) is 66.0 Å². The van der Waals surface area contributed by atoms with E-state index in [1.54, 1.807) is 55.3 Å². The maximum absolute atomic E-state index is 13.1. The predicted molar refractivity (Wildman–Crippen MR) is 127 cm³/mol. The molecule has 2 aromatic carbocycles. The first-order chi connectivity index (χ1) is 16.5. The fourth-order valence-electron chi connectivity index (χ4n) is 4.16. The lowest BCUT2D eigenvalue weighted by atomic mass is 10.1. The van der Waals surface area contributed by atoms with Crippen LogP contribution in [-0.4, -0.2) is 72.7 Å². The number of hydrogen-bond donors (Lipinski definition) is 0. The number of anilines is 1. The van der Waals surface area contributed by atoms with Crippen molar-refractivity contribution in [2.45, 2.75) is 4.90 Å². The monoisotopic (exact) mass is 480 g/mol. The van der Waals surface area contributed by atoms with Gasteiger partial charge in [-0.15, -0.1) is 0 Å². The third-order valence-corrected chi connectivity index (χ3v) is 7.81. The Balaban J connectivity index is 1.50. The van der Waals surface area contributed by atoms with Gasteiger partial charge in [-0.2, -0.15) is 18.9 Å². The molecule has 1 aliphatic rings. The number of benzene rings is 2. The Hall–Kier alpha value is -3.70. The van der Waals surface area contributed by atoms with Crippen LogP contribution in [-0.2, 0) is 10.0 Å². The van der Waals surface area contributed by atoms with Gasteiger partial charge < -0.3 is 14.4 Å². The highest BCUT2D eigenvalue weighted by Gasteiger charge is 2.30. The van der Waals surface area contributed by atoms with E-state index < -0.39 is 10.0 Å². The molecule has 0 atom stereocenters. The highest BCUT2D eigenvalue weighted by Crippen LogP contribution is 2.36. The number of sulfonamides is 1. The SMILES string of the molecule is COc1ccc(-c2cnc3ncnn3c2N2CCN(S(=O)(=O)c3ccccc3)CC2)cc1OC. The molecule has 1 saturated heterocycles. The van der Waals surface area contributed by atoms with Crippen molar-refractivity contribution in [3.63, 3.8) is 0 Å². The molecule has 2 aromatic heterocycles. The number of nitrogens with zero attached hydrogens (tertiary/aromatic N) is 6. The Morgan fingerprint density at radius 2 is 1.62 bits per heavy atom. The lowest BCUT2D eigenvalue weighted by Gasteiger charge is -2.36. The summed E-state index contributed by atoms with van der Waals surface area (Å²) in [6.45, 7) is 1.68. The number of ether oxygens (including phenoxy) is 2. The number of hydrogen-bond acceptors (Lipinski definition) is 8. The summed E-state index contributed by atoms with van der Waals surface area (Å²) >= 11 is 0. The molecule has 0 bridgehead atoms. The molecule has 1 fully saturated rings. The second-order valence-electron chi connectivity index (χ2n) is 7.74. The van der Waals surface area contributed by atoms with Crippen LogP contribution in [0.3, 0.4) is 0 Å². The van der Waals surface area contributed by atoms with Crippen LogP contribution in [0.1, 0.15) is 0 Å². The van der Waals surface area contributed by atoms with E-state index in [2.05, 4.69) is 20.0 Å². The number of aromatic nitrogens is 4. The van der Waals surface area contributed by atoms with Gasteiger partial charge in [0.25, 0.3) is 5.78 Å². The van der Waals surface area contributed by atoms with Gasteiger partial charge in [-0.1, -0.05) is 24.3 Å².